The van der Waals surface area contributed by atoms with Gasteiger partial charge < -0.3 is 61.9 Å². The number of carbonyl (C=O) groups excluding carboxylic acids is 4. The predicted molar refractivity (Wildman–Crippen MR) is 183 cm³/mol. The van der Waals surface area contributed by atoms with Gasteiger partial charge in [-0.1, -0.05) is 24.3 Å². The van der Waals surface area contributed by atoms with Crippen LogP contribution >= 0.6 is 0 Å². The summed E-state index contributed by atoms with van der Waals surface area (Å²) >= 11 is 0. The molecule has 5 aliphatic rings. The Hall–Kier alpha value is -2.80. The van der Waals surface area contributed by atoms with Crippen LogP contribution in [0.15, 0.2) is 48.5 Å². The topological polar surface area (TPSA) is 105 Å². The summed E-state index contributed by atoms with van der Waals surface area (Å²) in [7, 11) is 4.56. The molecular weight excluding hydrogens is 796 g/mol. The standard InChI is InChI=1S/C40H52N2O8.2BrH/c1-25(43)47-37-11-7-5-9-27(37)23-41(3)29-13-14-30(41)20-33(19-29)49-39(45)35-17-18-36(35)40(46)50-34-21-31-15-16-32(22-34)42(31,4)24-28-10-6-8-12-38(28)48-26(2)44;;/h5-12,29-36H,13-24H2,1-4H3;2*1H/q+2;;/p-2/t29?,30?,31?,32?,33-,34?,35?,36?,41-,42?;;. The van der Waals surface area contributed by atoms with E-state index in [1.54, 1.807) is 0 Å². The van der Waals surface area contributed by atoms with Crippen LogP contribution in [0.2, 0.25) is 0 Å². The predicted octanol–water partition coefficient (Wildman–Crippen LogP) is -0.362. The molecule has 6 atom stereocenters. The van der Waals surface area contributed by atoms with Crippen LogP contribution in [0.3, 0.4) is 0 Å². The highest BCUT2D eigenvalue weighted by molar-refractivity contribution is 5.84. The van der Waals surface area contributed by atoms with Gasteiger partial charge in [0.05, 0.1) is 50.1 Å². The molecule has 1 aliphatic carbocycles. The SMILES string of the molecule is CC(=O)Oc1ccccc1C[N+]1(C)C2CCC1CC(OC(=O)C1CCC1C(=O)O[C@H]1CC3CCC(C1)[N@@+]3(C)Cc1ccccc1OC(C)=O)C2.[Br-].[Br-]. The molecule has 6 unspecified atom stereocenters. The number of rotatable bonds is 10. The smallest absolute Gasteiger partial charge is 0.310 e. The van der Waals surface area contributed by atoms with Crippen molar-refractivity contribution < 1.29 is 81.1 Å². The van der Waals surface area contributed by atoms with Crippen LogP contribution in [0.4, 0.5) is 0 Å². The molecule has 5 fully saturated rings. The van der Waals surface area contributed by atoms with Gasteiger partial charge in [0.15, 0.2) is 0 Å². The van der Waals surface area contributed by atoms with E-state index in [2.05, 4.69) is 14.1 Å². The summed E-state index contributed by atoms with van der Waals surface area (Å²) in [6.45, 7) is 4.38. The first-order chi connectivity index (χ1) is 23.9. The van der Waals surface area contributed by atoms with E-state index in [-0.39, 0.29) is 70.0 Å². The van der Waals surface area contributed by atoms with Crippen LogP contribution in [0.1, 0.15) is 89.2 Å². The number of hydrogen-bond donors (Lipinski definition) is 0. The van der Waals surface area contributed by atoms with Gasteiger partial charge in [0.2, 0.25) is 0 Å². The van der Waals surface area contributed by atoms with Gasteiger partial charge in [-0.3, -0.25) is 19.2 Å². The van der Waals surface area contributed by atoms with Crippen molar-refractivity contribution in [3.05, 3.63) is 59.7 Å². The number of esters is 4. The fourth-order valence-electron chi connectivity index (χ4n) is 10.2. The van der Waals surface area contributed by atoms with E-state index in [9.17, 15) is 19.2 Å². The van der Waals surface area contributed by atoms with Gasteiger partial charge in [-0.25, -0.2) is 0 Å². The molecule has 7 rings (SSSR count). The van der Waals surface area contributed by atoms with Crippen molar-refractivity contribution in [2.45, 2.75) is 128 Å². The molecule has 52 heavy (non-hydrogen) atoms. The Kier molecular flexibility index (Phi) is 12.6. The summed E-state index contributed by atoms with van der Waals surface area (Å²) in [5.41, 5.74) is 2.04. The van der Waals surface area contributed by atoms with Crippen LogP contribution < -0.4 is 43.4 Å². The maximum absolute atomic E-state index is 13.5. The number of piperidine rings is 2. The van der Waals surface area contributed by atoms with Crippen LogP contribution in [0.5, 0.6) is 11.5 Å². The third-order valence-corrected chi connectivity index (χ3v) is 13.1. The molecule has 2 aromatic rings. The van der Waals surface area contributed by atoms with Crippen molar-refractivity contribution in [3.63, 3.8) is 0 Å². The fourth-order valence-corrected chi connectivity index (χ4v) is 10.2. The molecule has 1 saturated carbocycles. The zero-order valence-electron chi connectivity index (χ0n) is 30.6. The molecule has 4 bridgehead atoms. The summed E-state index contributed by atoms with van der Waals surface area (Å²) in [6, 6.07) is 16.9. The first-order valence-electron chi connectivity index (χ1n) is 18.6. The lowest BCUT2D eigenvalue weighted by atomic mass is 9.73. The Morgan fingerprint density at radius 2 is 0.885 bits per heavy atom. The number of quaternary nitrogens is 2. The summed E-state index contributed by atoms with van der Waals surface area (Å²) in [6.07, 6.45) is 8.49. The second kappa shape index (κ2) is 16.3. The first kappa shape index (κ1) is 40.4. The van der Waals surface area contributed by atoms with E-state index in [0.717, 1.165) is 84.5 Å². The average Bonchev–Trinajstić information content (AvgIpc) is 3.26. The molecule has 12 heteroatoms. The van der Waals surface area contributed by atoms with Gasteiger partial charge in [-0.2, -0.15) is 0 Å². The molecule has 284 valence electrons. The number of fused-ring (bicyclic) bond motifs is 4. The molecule has 0 spiro atoms. The van der Waals surface area contributed by atoms with E-state index in [0.29, 0.717) is 48.5 Å². The van der Waals surface area contributed by atoms with E-state index >= 15 is 0 Å². The largest absolute Gasteiger partial charge is 1.00 e. The number of carbonyl (C=O) groups is 4. The van der Waals surface area contributed by atoms with Gasteiger partial charge in [-0.05, 0) is 37.1 Å². The summed E-state index contributed by atoms with van der Waals surface area (Å²) in [4.78, 5) is 50.4. The molecule has 0 radical (unpaired) electrons. The summed E-state index contributed by atoms with van der Waals surface area (Å²) in [5.74, 6) is -0.781. The van der Waals surface area contributed by atoms with Crippen molar-refractivity contribution in [3.8, 4) is 11.5 Å². The Morgan fingerprint density at radius 1 is 0.558 bits per heavy atom. The van der Waals surface area contributed by atoms with Crippen molar-refractivity contribution in [2.75, 3.05) is 14.1 Å². The second-order valence-corrected chi connectivity index (χ2v) is 16.0. The van der Waals surface area contributed by atoms with Gasteiger partial charge >= 0.3 is 23.9 Å². The Morgan fingerprint density at radius 3 is 1.19 bits per heavy atom. The Balaban J connectivity index is 0.00000261. The molecule has 10 nitrogen and oxygen atoms in total. The van der Waals surface area contributed by atoms with E-state index in [1.165, 1.54) is 13.8 Å². The fraction of sp³-hybridized carbons (Fsp3) is 0.600. The van der Waals surface area contributed by atoms with Crippen LogP contribution in [0.25, 0.3) is 0 Å². The molecular formula is C40H52Br2N2O8. The number of hydrogen-bond acceptors (Lipinski definition) is 8. The zero-order valence-corrected chi connectivity index (χ0v) is 33.8. The van der Waals surface area contributed by atoms with Gasteiger partial charge in [-0.15, -0.1) is 0 Å². The highest BCUT2D eigenvalue weighted by Gasteiger charge is 2.55. The summed E-state index contributed by atoms with van der Waals surface area (Å²) in [5, 5.41) is 0. The molecule has 0 N–H and O–H groups in total. The van der Waals surface area contributed by atoms with Crippen molar-refractivity contribution >= 4 is 23.9 Å². The normalized spacial score (nSPS) is 34.1. The van der Waals surface area contributed by atoms with Gasteiger partial charge in [0.1, 0.15) is 36.8 Å². The highest BCUT2D eigenvalue weighted by Crippen LogP contribution is 2.47. The number of benzene rings is 2. The molecule has 4 heterocycles. The minimum absolute atomic E-state index is 0. The minimum atomic E-state index is -0.433. The average molecular weight is 849 g/mol. The number of halogens is 2. The van der Waals surface area contributed by atoms with Crippen molar-refractivity contribution in [2.24, 2.45) is 11.8 Å². The van der Waals surface area contributed by atoms with Crippen LogP contribution in [0, 0.1) is 11.8 Å². The lowest BCUT2D eigenvalue weighted by Gasteiger charge is -2.47. The quantitative estimate of drug-likeness (QED) is 0.182. The van der Waals surface area contributed by atoms with Gasteiger partial charge in [0, 0.05) is 76.3 Å². The third kappa shape index (κ3) is 8.00. The van der Waals surface area contributed by atoms with Crippen molar-refractivity contribution in [1.82, 2.24) is 0 Å². The lowest BCUT2D eigenvalue weighted by Crippen LogP contribution is -3.00. The van der Waals surface area contributed by atoms with Gasteiger partial charge in [0.25, 0.3) is 0 Å². The van der Waals surface area contributed by atoms with Crippen LogP contribution in [-0.2, 0) is 41.7 Å². The Labute approximate surface area is 328 Å². The first-order valence-corrected chi connectivity index (χ1v) is 18.6. The number of para-hydroxylation sites is 2. The molecule has 0 aromatic heterocycles. The monoisotopic (exact) mass is 846 g/mol. The molecule has 2 aromatic carbocycles. The molecule has 4 aliphatic heterocycles. The highest BCUT2D eigenvalue weighted by atomic mass is 79.9. The Bertz CT molecular complexity index is 1510. The van der Waals surface area contributed by atoms with E-state index < -0.39 is 11.8 Å². The zero-order chi connectivity index (χ0) is 35.2. The maximum atomic E-state index is 13.5. The minimum Gasteiger partial charge on any atom is -1.00 e. The van der Waals surface area contributed by atoms with Crippen LogP contribution in [-0.4, -0.2) is 83.3 Å². The molecule has 4 saturated heterocycles. The third-order valence-electron chi connectivity index (χ3n) is 13.1. The van der Waals surface area contributed by atoms with E-state index in [1.807, 2.05) is 48.5 Å². The van der Waals surface area contributed by atoms with E-state index in [4.69, 9.17) is 18.9 Å². The van der Waals surface area contributed by atoms with Crippen molar-refractivity contribution in [1.29, 1.82) is 0 Å². The molecule has 0 amide bonds. The maximum Gasteiger partial charge on any atom is 0.310 e. The second-order valence-electron chi connectivity index (χ2n) is 16.0. The number of ether oxygens (including phenoxy) is 4. The lowest BCUT2D eigenvalue weighted by molar-refractivity contribution is -0.961. The number of nitrogens with zero attached hydrogens (tertiary/aromatic N) is 2. The summed E-state index contributed by atoms with van der Waals surface area (Å²) < 4.78 is 25.1.